The molecule has 2 atom stereocenters. The number of fused-ring (bicyclic) bond motifs is 4. The van der Waals surface area contributed by atoms with Gasteiger partial charge in [-0.05, 0) is 222 Å². The number of hydrogen-bond donors (Lipinski definition) is 0. The molecule has 8 saturated carbocycles. The zero-order valence-electron chi connectivity index (χ0n) is 38.2. The molecule has 0 saturated heterocycles. The van der Waals surface area contributed by atoms with Crippen molar-refractivity contribution in [1.29, 1.82) is 0 Å². The van der Waals surface area contributed by atoms with Gasteiger partial charge in [0.1, 0.15) is 5.82 Å². The van der Waals surface area contributed by atoms with Crippen LogP contribution >= 0.6 is 0 Å². The van der Waals surface area contributed by atoms with Crippen LogP contribution in [0.25, 0.3) is 43.1 Å². The van der Waals surface area contributed by atoms with Crippen LogP contribution in [0.4, 0.5) is 34.3 Å². The summed E-state index contributed by atoms with van der Waals surface area (Å²) in [5, 5.41) is 10.7. The van der Waals surface area contributed by atoms with E-state index < -0.39 is 0 Å². The number of hydrogen-bond acceptors (Lipinski definition) is 3. The fourth-order valence-corrected chi connectivity index (χ4v) is 16.7. The number of benzene rings is 7. The van der Waals surface area contributed by atoms with Gasteiger partial charge < -0.3 is 4.90 Å². The molecule has 0 N–H and O–H groups in total. The number of rotatable bonds is 8. The summed E-state index contributed by atoms with van der Waals surface area (Å²) in [6, 6.07) is 65.7. The van der Waals surface area contributed by atoms with E-state index in [1.165, 1.54) is 120 Å². The summed E-state index contributed by atoms with van der Waals surface area (Å²) in [6.07, 6.45) is 17.4. The molecule has 3 nitrogen and oxygen atoms in total. The van der Waals surface area contributed by atoms with Gasteiger partial charge in [0, 0.05) is 34.0 Å². The van der Waals surface area contributed by atoms with E-state index >= 15 is 0 Å². The Morgan fingerprint density at radius 3 is 1.79 bits per heavy atom. The Morgan fingerprint density at radius 2 is 1.06 bits per heavy atom. The lowest BCUT2D eigenvalue weighted by Crippen LogP contribution is -2.48. The van der Waals surface area contributed by atoms with E-state index in [1.54, 1.807) is 11.1 Å². The number of anilines is 6. The van der Waals surface area contributed by atoms with E-state index in [1.807, 2.05) is 6.07 Å². The van der Waals surface area contributed by atoms with Crippen molar-refractivity contribution in [3.05, 3.63) is 187 Å². The molecule has 2 unspecified atom stereocenters. The van der Waals surface area contributed by atoms with Crippen molar-refractivity contribution in [3.63, 3.8) is 0 Å². The van der Waals surface area contributed by atoms with Crippen LogP contribution in [0.15, 0.2) is 164 Å². The predicted octanol–water partition coefficient (Wildman–Crippen LogP) is 16.8. The van der Waals surface area contributed by atoms with Crippen LogP contribution in [0.1, 0.15) is 81.8 Å². The van der Waals surface area contributed by atoms with Gasteiger partial charge in [-0.2, -0.15) is 0 Å². The molecule has 9 aromatic rings. The summed E-state index contributed by atoms with van der Waals surface area (Å²) in [5.41, 5.74) is 9.41. The van der Waals surface area contributed by atoms with Gasteiger partial charge >= 0.3 is 0 Å². The SMILES string of the molecule is c1ccc2cccc(N(c3ccccc3)c3cc4c(C56CC7CC(CC5C7)C6)c5ccc(N(c6ccccc6)c6cccc7ccccc67)cc5c(C56CC7CC(CC(C7)C5)C6)c4cn3)c2c#1. The molecule has 0 aliphatic heterocycles. The molecule has 8 fully saturated rings. The first-order valence-corrected chi connectivity index (χ1v) is 25.5. The van der Waals surface area contributed by atoms with Crippen molar-refractivity contribution >= 4 is 77.3 Å². The molecule has 326 valence electrons. The molecule has 67 heavy (non-hydrogen) atoms. The number of para-hydroxylation sites is 2. The van der Waals surface area contributed by atoms with Crippen LogP contribution < -0.4 is 9.80 Å². The number of nitrogens with zero attached hydrogens (tertiary/aromatic N) is 3. The van der Waals surface area contributed by atoms with Crippen molar-refractivity contribution in [2.45, 2.75) is 81.5 Å². The highest BCUT2D eigenvalue weighted by molar-refractivity contribution is 6.11. The highest BCUT2D eigenvalue weighted by Gasteiger charge is 2.60. The third-order valence-corrected chi connectivity index (χ3v) is 18.4. The fraction of sp³-hybridized carbons (Fsp3) is 0.297. The summed E-state index contributed by atoms with van der Waals surface area (Å²) in [5.74, 6) is 5.82. The van der Waals surface area contributed by atoms with E-state index in [2.05, 4.69) is 180 Å². The highest BCUT2D eigenvalue weighted by atomic mass is 15.2. The third kappa shape index (κ3) is 5.75. The van der Waals surface area contributed by atoms with Gasteiger partial charge in [-0.25, -0.2) is 4.98 Å². The van der Waals surface area contributed by atoms with Crippen molar-refractivity contribution in [2.75, 3.05) is 9.80 Å². The Labute approximate surface area is 394 Å². The monoisotopic (exact) mass is 865 g/mol. The average molecular weight is 866 g/mol. The minimum Gasteiger partial charge on any atom is -0.310 e. The van der Waals surface area contributed by atoms with Crippen LogP contribution in [0.2, 0.25) is 0 Å². The summed E-state index contributed by atoms with van der Waals surface area (Å²) >= 11 is 0. The zero-order valence-corrected chi connectivity index (χ0v) is 38.2. The molecule has 8 aromatic carbocycles. The molecule has 8 bridgehead atoms. The molecule has 1 aromatic heterocycles. The molecular weight excluding hydrogens is 811 g/mol. The Morgan fingerprint density at radius 1 is 0.448 bits per heavy atom. The second kappa shape index (κ2) is 14.4. The predicted molar refractivity (Wildman–Crippen MR) is 276 cm³/mol. The summed E-state index contributed by atoms with van der Waals surface area (Å²) in [6.45, 7) is 0. The molecule has 3 heteroatoms. The molecule has 0 radical (unpaired) electrons. The lowest BCUT2D eigenvalue weighted by Gasteiger charge is -2.57. The summed E-state index contributed by atoms with van der Waals surface area (Å²) < 4.78 is 0. The van der Waals surface area contributed by atoms with E-state index in [-0.39, 0.29) is 10.8 Å². The van der Waals surface area contributed by atoms with Crippen molar-refractivity contribution in [1.82, 2.24) is 4.98 Å². The lowest BCUT2D eigenvalue weighted by atomic mass is 9.47. The van der Waals surface area contributed by atoms with Gasteiger partial charge in [0.15, 0.2) is 0 Å². The largest absolute Gasteiger partial charge is 0.310 e. The maximum atomic E-state index is 5.71. The second-order valence-corrected chi connectivity index (χ2v) is 22.2. The van der Waals surface area contributed by atoms with Crippen LogP contribution in [0.3, 0.4) is 0 Å². The van der Waals surface area contributed by atoms with E-state index in [0.717, 1.165) is 63.5 Å². The van der Waals surface area contributed by atoms with Crippen molar-refractivity contribution < 1.29 is 0 Å². The molecule has 17 rings (SSSR count). The van der Waals surface area contributed by atoms with Crippen LogP contribution in [0, 0.1) is 47.6 Å². The molecule has 1 heterocycles. The minimum atomic E-state index is 0.132. The minimum absolute atomic E-state index is 0.132. The normalized spacial score (nSPS) is 27.6. The van der Waals surface area contributed by atoms with Gasteiger partial charge in [0.2, 0.25) is 0 Å². The van der Waals surface area contributed by atoms with Gasteiger partial charge in [0.05, 0.1) is 16.8 Å². The smallest absolute Gasteiger partial charge is 0.138 e. The standard InChI is InChI=1S/C64H55N3/c1-3-17-49(18-4-1)66(58-23-11-15-46-13-7-9-21-52(46)58)51-25-26-54-55(33-51)61(63-35-41-27-42(36-63)29-43(28-41)37-63)57-40-65-60(34-56(57)62(54)64-38-44-30-45(39-64)32-48(64)31-44)67(50-19-5-2-6-20-50)59-24-12-16-47-14-8-10-22-53(47)59/h1-9,11-21,23-26,33-34,40-45,48H,27-32,35-39H2. The fourth-order valence-electron chi connectivity index (χ4n) is 16.7. The summed E-state index contributed by atoms with van der Waals surface area (Å²) in [7, 11) is 0. The van der Waals surface area contributed by atoms with E-state index in [9.17, 15) is 0 Å². The average Bonchev–Trinajstić information content (AvgIpc) is 3.76. The Kier molecular flexibility index (Phi) is 8.29. The quantitative estimate of drug-likeness (QED) is 0.142. The molecule has 0 spiro atoms. The third-order valence-electron chi connectivity index (χ3n) is 18.4. The van der Waals surface area contributed by atoms with Gasteiger partial charge in [-0.3, -0.25) is 4.90 Å². The Bertz CT molecular complexity index is 3370. The number of pyridine rings is 1. The van der Waals surface area contributed by atoms with E-state index in [4.69, 9.17) is 4.98 Å². The van der Waals surface area contributed by atoms with Gasteiger partial charge in [-0.15, -0.1) is 0 Å². The Hall–Kier alpha value is -6.63. The highest BCUT2D eigenvalue weighted by Crippen LogP contribution is 2.69. The first-order chi connectivity index (χ1) is 33.1. The van der Waals surface area contributed by atoms with Crippen LogP contribution in [-0.2, 0) is 10.8 Å². The van der Waals surface area contributed by atoms with Gasteiger partial charge in [-0.1, -0.05) is 103 Å². The Balaban J connectivity index is 1.05. The topological polar surface area (TPSA) is 19.4 Å². The van der Waals surface area contributed by atoms with Gasteiger partial charge in [0.25, 0.3) is 0 Å². The number of aromatic nitrogens is 1. The second-order valence-electron chi connectivity index (χ2n) is 22.2. The first kappa shape index (κ1) is 38.5. The molecular formula is C64H55N3. The molecule has 8 aliphatic rings. The van der Waals surface area contributed by atoms with Crippen molar-refractivity contribution in [3.8, 4) is 0 Å². The maximum absolute atomic E-state index is 5.71. The zero-order chi connectivity index (χ0) is 43.8. The van der Waals surface area contributed by atoms with Crippen molar-refractivity contribution in [2.24, 2.45) is 35.5 Å². The molecule has 0 amide bonds. The summed E-state index contributed by atoms with van der Waals surface area (Å²) in [4.78, 5) is 10.7. The maximum Gasteiger partial charge on any atom is 0.138 e. The first-order valence-electron chi connectivity index (χ1n) is 25.5. The van der Waals surface area contributed by atoms with E-state index in [0.29, 0.717) is 0 Å². The van der Waals surface area contributed by atoms with Crippen LogP contribution in [0.5, 0.6) is 0 Å². The molecule has 8 aliphatic carbocycles. The lowest BCUT2D eigenvalue weighted by molar-refractivity contribution is -0.00384. The van der Waals surface area contributed by atoms with Crippen LogP contribution in [-0.4, -0.2) is 4.98 Å².